The Kier molecular flexibility index (Phi) is 3.15. The van der Waals surface area contributed by atoms with Gasteiger partial charge in [0.15, 0.2) is 0 Å². The summed E-state index contributed by atoms with van der Waals surface area (Å²) in [5.41, 5.74) is 0. The summed E-state index contributed by atoms with van der Waals surface area (Å²) in [5, 5.41) is 3.24. The first-order valence-corrected chi connectivity index (χ1v) is 8.09. The number of nitrogens with zero attached hydrogens (tertiary/aromatic N) is 1. The maximum absolute atomic E-state index is 12.3. The van der Waals surface area contributed by atoms with Crippen molar-refractivity contribution in [3.63, 3.8) is 0 Å². The van der Waals surface area contributed by atoms with Crippen LogP contribution in [0.5, 0.6) is 0 Å². The molecule has 3 atom stereocenters. The molecule has 98 valence electrons. The number of rotatable bonds is 3. The van der Waals surface area contributed by atoms with E-state index in [-0.39, 0.29) is 12.1 Å². The number of piperidine rings is 2. The molecule has 0 radical (unpaired) electrons. The Balaban J connectivity index is 1.64. The Morgan fingerprint density at radius 1 is 1.24 bits per heavy atom. The highest BCUT2D eigenvalue weighted by Gasteiger charge is 2.44. The van der Waals surface area contributed by atoms with Crippen LogP contribution in [0.15, 0.2) is 0 Å². The lowest BCUT2D eigenvalue weighted by atomic mass is 10.1. The summed E-state index contributed by atoms with van der Waals surface area (Å²) in [6.07, 6.45) is 5.34. The van der Waals surface area contributed by atoms with Crippen molar-refractivity contribution in [3.05, 3.63) is 0 Å². The highest BCUT2D eigenvalue weighted by Crippen LogP contribution is 2.38. The summed E-state index contributed by atoms with van der Waals surface area (Å²) in [5.74, 6) is 0.612. The van der Waals surface area contributed by atoms with Crippen molar-refractivity contribution in [2.75, 3.05) is 19.6 Å². The molecule has 1 aliphatic carbocycles. The van der Waals surface area contributed by atoms with Gasteiger partial charge in [0.2, 0.25) is 0 Å². The van der Waals surface area contributed by atoms with Gasteiger partial charge in [-0.25, -0.2) is 0 Å². The molecule has 3 fully saturated rings. The first kappa shape index (κ1) is 11.9. The van der Waals surface area contributed by atoms with Crippen molar-refractivity contribution in [1.29, 1.82) is 0 Å². The molecule has 2 N–H and O–H groups in total. The fourth-order valence-electron chi connectivity index (χ4n) is 3.40. The SMILES string of the molecule is O=S(=O)(NC1CCCNC1)N1CC2CCC1C2. The average molecular weight is 259 g/mol. The minimum Gasteiger partial charge on any atom is -0.315 e. The van der Waals surface area contributed by atoms with Crippen LogP contribution < -0.4 is 10.0 Å². The van der Waals surface area contributed by atoms with Crippen LogP contribution in [0.1, 0.15) is 32.1 Å². The van der Waals surface area contributed by atoms with E-state index in [1.807, 2.05) is 0 Å². The van der Waals surface area contributed by atoms with Gasteiger partial charge in [-0.15, -0.1) is 0 Å². The smallest absolute Gasteiger partial charge is 0.280 e. The number of hydrogen-bond acceptors (Lipinski definition) is 3. The third-order valence-electron chi connectivity index (χ3n) is 4.28. The van der Waals surface area contributed by atoms with E-state index in [0.717, 1.165) is 45.3 Å². The molecular formula is C11H21N3O2S. The van der Waals surface area contributed by atoms with Gasteiger partial charge >= 0.3 is 0 Å². The van der Waals surface area contributed by atoms with Gasteiger partial charge in [0.25, 0.3) is 10.2 Å². The predicted molar refractivity (Wildman–Crippen MR) is 65.8 cm³/mol. The van der Waals surface area contributed by atoms with Crippen molar-refractivity contribution in [1.82, 2.24) is 14.3 Å². The fraction of sp³-hybridized carbons (Fsp3) is 1.00. The molecule has 0 aromatic carbocycles. The van der Waals surface area contributed by atoms with Gasteiger partial charge in [-0.05, 0) is 44.6 Å². The van der Waals surface area contributed by atoms with Gasteiger partial charge in [0.05, 0.1) is 0 Å². The van der Waals surface area contributed by atoms with Crippen LogP contribution in [-0.4, -0.2) is 44.4 Å². The molecule has 2 bridgehead atoms. The molecule has 0 aromatic heterocycles. The topological polar surface area (TPSA) is 61.4 Å². The molecular weight excluding hydrogens is 238 g/mol. The third kappa shape index (κ3) is 2.36. The predicted octanol–water partition coefficient (Wildman–Crippen LogP) is 0.0571. The molecule has 0 spiro atoms. The van der Waals surface area contributed by atoms with Crippen LogP contribution >= 0.6 is 0 Å². The van der Waals surface area contributed by atoms with Gasteiger partial charge < -0.3 is 5.32 Å². The van der Waals surface area contributed by atoms with E-state index in [4.69, 9.17) is 0 Å². The largest absolute Gasteiger partial charge is 0.315 e. The molecule has 0 amide bonds. The molecule has 5 nitrogen and oxygen atoms in total. The van der Waals surface area contributed by atoms with Crippen LogP contribution in [0.3, 0.4) is 0 Å². The minimum absolute atomic E-state index is 0.0767. The Hall–Kier alpha value is -0.170. The zero-order valence-electron chi connectivity index (χ0n) is 10.1. The lowest BCUT2D eigenvalue weighted by Crippen LogP contribution is -2.52. The first-order chi connectivity index (χ1) is 8.15. The summed E-state index contributed by atoms with van der Waals surface area (Å²) in [6, 6.07) is 0.349. The molecule has 0 aromatic rings. The van der Waals surface area contributed by atoms with E-state index < -0.39 is 10.2 Å². The van der Waals surface area contributed by atoms with Gasteiger partial charge in [-0.1, -0.05) is 0 Å². The summed E-state index contributed by atoms with van der Waals surface area (Å²) >= 11 is 0. The maximum Gasteiger partial charge on any atom is 0.280 e. The molecule has 2 saturated heterocycles. The van der Waals surface area contributed by atoms with Gasteiger partial charge in [0, 0.05) is 25.2 Å². The van der Waals surface area contributed by atoms with Gasteiger partial charge in [-0.3, -0.25) is 0 Å². The van der Waals surface area contributed by atoms with E-state index >= 15 is 0 Å². The fourth-order valence-corrected chi connectivity index (χ4v) is 5.15. The Morgan fingerprint density at radius 2 is 2.12 bits per heavy atom. The third-order valence-corrected chi connectivity index (χ3v) is 5.98. The summed E-state index contributed by atoms with van der Waals surface area (Å²) < 4.78 is 29.1. The van der Waals surface area contributed by atoms with Crippen molar-refractivity contribution in [2.24, 2.45) is 5.92 Å². The Labute approximate surface area is 103 Å². The summed E-state index contributed by atoms with van der Waals surface area (Å²) in [6.45, 7) is 2.51. The van der Waals surface area contributed by atoms with E-state index in [1.165, 1.54) is 6.42 Å². The van der Waals surface area contributed by atoms with Crippen molar-refractivity contribution < 1.29 is 8.42 Å². The van der Waals surface area contributed by atoms with Crippen LogP contribution in [0.2, 0.25) is 0 Å². The molecule has 3 aliphatic rings. The lowest BCUT2D eigenvalue weighted by Gasteiger charge is -2.30. The number of fused-ring (bicyclic) bond motifs is 2. The highest BCUT2D eigenvalue weighted by atomic mass is 32.2. The molecule has 1 saturated carbocycles. The molecule has 2 aliphatic heterocycles. The highest BCUT2D eigenvalue weighted by molar-refractivity contribution is 7.87. The molecule has 3 rings (SSSR count). The van der Waals surface area contributed by atoms with E-state index in [2.05, 4.69) is 10.0 Å². The second kappa shape index (κ2) is 4.50. The monoisotopic (exact) mass is 259 g/mol. The van der Waals surface area contributed by atoms with E-state index in [9.17, 15) is 8.42 Å². The average Bonchev–Trinajstić information content (AvgIpc) is 2.91. The zero-order chi connectivity index (χ0) is 11.9. The van der Waals surface area contributed by atoms with Crippen molar-refractivity contribution in [3.8, 4) is 0 Å². The molecule has 3 unspecified atom stereocenters. The van der Waals surface area contributed by atoms with Gasteiger partial charge in [-0.2, -0.15) is 17.4 Å². The summed E-state index contributed by atoms with van der Waals surface area (Å²) in [7, 11) is -3.25. The van der Waals surface area contributed by atoms with Crippen LogP contribution in [-0.2, 0) is 10.2 Å². The lowest BCUT2D eigenvalue weighted by molar-refractivity contribution is 0.320. The normalized spacial score (nSPS) is 38.7. The first-order valence-electron chi connectivity index (χ1n) is 6.65. The Morgan fingerprint density at radius 3 is 2.71 bits per heavy atom. The van der Waals surface area contributed by atoms with Crippen LogP contribution in [0, 0.1) is 5.92 Å². The van der Waals surface area contributed by atoms with Gasteiger partial charge in [0.1, 0.15) is 0 Å². The van der Waals surface area contributed by atoms with E-state index in [0.29, 0.717) is 5.92 Å². The second-order valence-electron chi connectivity index (χ2n) is 5.57. The molecule has 6 heteroatoms. The van der Waals surface area contributed by atoms with Crippen molar-refractivity contribution in [2.45, 2.75) is 44.2 Å². The second-order valence-corrected chi connectivity index (χ2v) is 7.22. The van der Waals surface area contributed by atoms with E-state index in [1.54, 1.807) is 4.31 Å². The maximum atomic E-state index is 12.3. The van der Waals surface area contributed by atoms with Crippen LogP contribution in [0.4, 0.5) is 0 Å². The standard InChI is InChI=1S/C11H21N3O2S/c15-17(16,13-10-2-1-5-12-7-10)14-8-9-3-4-11(14)6-9/h9-13H,1-8H2. The Bertz CT molecular complexity index is 378. The number of hydrogen-bond donors (Lipinski definition) is 2. The quantitative estimate of drug-likeness (QED) is 0.753. The minimum atomic E-state index is -3.25. The number of nitrogens with one attached hydrogen (secondary N) is 2. The summed E-state index contributed by atoms with van der Waals surface area (Å²) in [4.78, 5) is 0. The molecule has 17 heavy (non-hydrogen) atoms. The zero-order valence-corrected chi connectivity index (χ0v) is 10.9. The van der Waals surface area contributed by atoms with Crippen molar-refractivity contribution >= 4 is 10.2 Å². The molecule has 2 heterocycles. The van der Waals surface area contributed by atoms with Crippen LogP contribution in [0.25, 0.3) is 0 Å².